The summed E-state index contributed by atoms with van der Waals surface area (Å²) in [6.45, 7) is -1.39. The van der Waals surface area contributed by atoms with Crippen molar-refractivity contribution in [3.8, 4) is 0 Å². The van der Waals surface area contributed by atoms with Gasteiger partial charge in [-0.2, -0.15) is 0 Å². The van der Waals surface area contributed by atoms with E-state index in [0.29, 0.717) is 0 Å². The number of benzene rings is 1. The predicted molar refractivity (Wildman–Crippen MR) is 107 cm³/mol. The molecule has 2 aliphatic rings. The van der Waals surface area contributed by atoms with Gasteiger partial charge in [-0.15, -0.1) is 0 Å². The topological polar surface area (TPSA) is 196 Å². The summed E-state index contributed by atoms with van der Waals surface area (Å²) < 4.78 is 21.3. The molecule has 0 amide bonds. The first kappa shape index (κ1) is 25.9. The smallest absolute Gasteiger partial charge is 0.306 e. The van der Waals surface area contributed by atoms with Crippen molar-refractivity contribution in [1.29, 1.82) is 0 Å². The summed E-state index contributed by atoms with van der Waals surface area (Å²) in [5.74, 6) is -1.93. The molecule has 0 saturated carbocycles. The van der Waals surface area contributed by atoms with Gasteiger partial charge < -0.3 is 54.7 Å². The zero-order valence-electron chi connectivity index (χ0n) is 17.7. The number of hydrogen-bond donors (Lipinski definition) is 7. The Morgan fingerprint density at radius 3 is 2.15 bits per heavy atom. The van der Waals surface area contributed by atoms with E-state index in [0.717, 1.165) is 5.56 Å². The highest BCUT2D eigenvalue weighted by Crippen LogP contribution is 2.32. The molecule has 0 bridgehead atoms. The highest BCUT2D eigenvalue weighted by molar-refractivity contribution is 5.69. The lowest BCUT2D eigenvalue weighted by molar-refractivity contribution is -0.350. The van der Waals surface area contributed by atoms with Crippen LogP contribution in [0.1, 0.15) is 12.0 Å². The average molecular weight is 474 g/mol. The molecule has 2 fully saturated rings. The molecule has 0 aliphatic carbocycles. The van der Waals surface area contributed by atoms with Gasteiger partial charge in [0.2, 0.25) is 0 Å². The third kappa shape index (κ3) is 6.05. The minimum Gasteiger partial charge on any atom is -0.461 e. The second kappa shape index (κ2) is 11.6. The minimum absolute atomic E-state index is 0.0104. The molecule has 1 aromatic rings. The SMILES string of the molecule is O=C(CC1C(O)OC(CO)[C@H](O[C@@H]2OC(CO)[C@H](O)[C@H](O)C2O)[C@@H]1O)OCc1ccccc1. The molecule has 2 saturated heterocycles. The summed E-state index contributed by atoms with van der Waals surface area (Å²) in [6, 6.07) is 8.89. The third-order valence-electron chi connectivity index (χ3n) is 5.79. The van der Waals surface area contributed by atoms with Crippen LogP contribution < -0.4 is 0 Å². The molecule has 10 atom stereocenters. The zero-order valence-corrected chi connectivity index (χ0v) is 17.7. The van der Waals surface area contributed by atoms with Crippen LogP contribution in [0.2, 0.25) is 0 Å². The first-order valence-electron chi connectivity index (χ1n) is 10.5. The lowest BCUT2D eigenvalue weighted by Gasteiger charge is -2.46. The van der Waals surface area contributed by atoms with Crippen molar-refractivity contribution >= 4 is 5.97 Å². The molecule has 0 aromatic heterocycles. The summed E-state index contributed by atoms with van der Waals surface area (Å²) in [7, 11) is 0. The summed E-state index contributed by atoms with van der Waals surface area (Å²) in [6.07, 6.45) is -14.2. The fourth-order valence-corrected chi connectivity index (χ4v) is 3.85. The minimum atomic E-state index is -1.75. The largest absolute Gasteiger partial charge is 0.461 e. The number of hydrogen-bond acceptors (Lipinski definition) is 12. The van der Waals surface area contributed by atoms with Crippen molar-refractivity contribution in [3.05, 3.63) is 35.9 Å². The number of rotatable bonds is 8. The highest BCUT2D eigenvalue weighted by Gasteiger charge is 2.50. The van der Waals surface area contributed by atoms with E-state index in [9.17, 15) is 40.5 Å². The Balaban J connectivity index is 1.66. The van der Waals surface area contributed by atoms with Crippen LogP contribution in [-0.2, 0) is 30.3 Å². The van der Waals surface area contributed by atoms with Crippen LogP contribution >= 0.6 is 0 Å². The van der Waals surface area contributed by atoms with Crippen molar-refractivity contribution in [2.75, 3.05) is 13.2 Å². The third-order valence-corrected chi connectivity index (χ3v) is 5.79. The molecule has 3 rings (SSSR count). The maximum atomic E-state index is 12.3. The fraction of sp³-hybridized carbons (Fsp3) is 0.667. The molecular weight excluding hydrogens is 444 g/mol. The summed E-state index contributed by atoms with van der Waals surface area (Å²) in [5, 5.41) is 70.0. The van der Waals surface area contributed by atoms with E-state index in [1.165, 1.54) is 0 Å². The number of carbonyl (C=O) groups excluding carboxylic acids is 1. The Morgan fingerprint density at radius 1 is 0.848 bits per heavy atom. The molecule has 7 N–H and O–H groups in total. The molecule has 2 heterocycles. The molecule has 12 nitrogen and oxygen atoms in total. The second-order valence-corrected chi connectivity index (χ2v) is 8.05. The lowest BCUT2D eigenvalue weighted by Crippen LogP contribution is -2.63. The van der Waals surface area contributed by atoms with E-state index < -0.39 is 86.8 Å². The van der Waals surface area contributed by atoms with Gasteiger partial charge in [0, 0.05) is 5.92 Å². The standard InChI is InChI=1S/C21H30O12/c22-7-12-16(26)17(27)18(28)21(32-12)33-19-13(8-23)31-20(29)11(15(19)25)6-14(24)30-9-10-4-2-1-3-5-10/h1-5,11-13,15-23,25-29H,6-9H2/t11?,12?,13?,15-,16+,17+,18?,19+,20?,21+/m1/s1. The molecule has 0 spiro atoms. The normalized spacial score (nSPS) is 39.2. The number of carbonyl (C=O) groups is 1. The Hall–Kier alpha value is -1.71. The predicted octanol–water partition coefficient (Wildman–Crippen LogP) is -3.01. The van der Waals surface area contributed by atoms with Gasteiger partial charge in [-0.25, -0.2) is 0 Å². The van der Waals surface area contributed by atoms with E-state index in [4.69, 9.17) is 18.9 Å². The number of aliphatic hydroxyl groups is 7. The quantitative estimate of drug-likeness (QED) is 0.189. The fourth-order valence-electron chi connectivity index (χ4n) is 3.85. The Kier molecular flexibility index (Phi) is 9.12. The van der Waals surface area contributed by atoms with Crippen LogP contribution in [0.25, 0.3) is 0 Å². The number of ether oxygens (including phenoxy) is 4. The van der Waals surface area contributed by atoms with Gasteiger partial charge in [0.05, 0.1) is 25.7 Å². The summed E-state index contributed by atoms with van der Waals surface area (Å²) >= 11 is 0. The first-order chi connectivity index (χ1) is 15.8. The van der Waals surface area contributed by atoms with Crippen molar-refractivity contribution in [2.45, 2.75) is 68.3 Å². The van der Waals surface area contributed by atoms with Crippen LogP contribution in [0.15, 0.2) is 30.3 Å². The maximum absolute atomic E-state index is 12.3. The lowest BCUT2D eigenvalue weighted by atomic mass is 9.88. The summed E-state index contributed by atoms with van der Waals surface area (Å²) in [5.41, 5.74) is 0.746. The van der Waals surface area contributed by atoms with Crippen LogP contribution in [0, 0.1) is 5.92 Å². The van der Waals surface area contributed by atoms with E-state index in [1.807, 2.05) is 6.07 Å². The van der Waals surface area contributed by atoms with Gasteiger partial charge in [0.15, 0.2) is 12.6 Å². The number of aliphatic hydroxyl groups excluding tert-OH is 7. The van der Waals surface area contributed by atoms with Crippen LogP contribution in [0.3, 0.4) is 0 Å². The van der Waals surface area contributed by atoms with Gasteiger partial charge in [0.25, 0.3) is 0 Å². The van der Waals surface area contributed by atoms with Crippen molar-refractivity contribution < 1.29 is 59.5 Å². The van der Waals surface area contributed by atoms with Gasteiger partial charge in [-0.05, 0) is 5.56 Å². The monoisotopic (exact) mass is 474 g/mol. The van der Waals surface area contributed by atoms with Crippen LogP contribution in [0.5, 0.6) is 0 Å². The Morgan fingerprint density at radius 2 is 1.52 bits per heavy atom. The maximum Gasteiger partial charge on any atom is 0.306 e. The van der Waals surface area contributed by atoms with Crippen LogP contribution in [-0.4, -0.2) is 110 Å². The zero-order chi connectivity index (χ0) is 24.1. The first-order valence-corrected chi connectivity index (χ1v) is 10.5. The second-order valence-electron chi connectivity index (χ2n) is 8.05. The van der Waals surface area contributed by atoms with E-state index in [-0.39, 0.29) is 6.61 Å². The van der Waals surface area contributed by atoms with Gasteiger partial charge in [-0.1, -0.05) is 30.3 Å². The van der Waals surface area contributed by atoms with E-state index in [1.54, 1.807) is 24.3 Å². The van der Waals surface area contributed by atoms with Gasteiger partial charge in [-0.3, -0.25) is 4.79 Å². The van der Waals surface area contributed by atoms with Crippen LogP contribution in [0.4, 0.5) is 0 Å². The highest BCUT2D eigenvalue weighted by atomic mass is 16.7. The van der Waals surface area contributed by atoms with Crippen molar-refractivity contribution in [2.24, 2.45) is 5.92 Å². The molecule has 186 valence electrons. The van der Waals surface area contributed by atoms with Gasteiger partial charge in [0.1, 0.15) is 43.2 Å². The average Bonchev–Trinajstić information content (AvgIpc) is 2.82. The molecule has 2 aliphatic heterocycles. The Bertz CT molecular complexity index is 746. The van der Waals surface area contributed by atoms with E-state index >= 15 is 0 Å². The van der Waals surface area contributed by atoms with Gasteiger partial charge >= 0.3 is 5.97 Å². The van der Waals surface area contributed by atoms with E-state index in [2.05, 4.69) is 0 Å². The number of esters is 1. The molecule has 0 radical (unpaired) electrons. The van der Waals surface area contributed by atoms with Crippen molar-refractivity contribution in [3.63, 3.8) is 0 Å². The molecule has 12 heteroatoms. The molecule has 1 aromatic carbocycles. The summed E-state index contributed by atoms with van der Waals surface area (Å²) in [4.78, 5) is 12.3. The molecule has 33 heavy (non-hydrogen) atoms. The molecule has 5 unspecified atom stereocenters. The Labute approximate surface area is 189 Å². The molecular formula is C21H30O12. The van der Waals surface area contributed by atoms with Crippen molar-refractivity contribution in [1.82, 2.24) is 0 Å².